The number of aliphatic imine (C=N–C) groups is 1. The van der Waals surface area contributed by atoms with Crippen LogP contribution in [0.4, 0.5) is 0 Å². The smallest absolute Gasteiger partial charge is 0.191 e. The third-order valence-electron chi connectivity index (χ3n) is 2.98. The Bertz CT molecular complexity index is 570. The van der Waals surface area contributed by atoms with Gasteiger partial charge in [0.15, 0.2) is 5.96 Å². The number of ether oxygens (including phenoxy) is 1. The van der Waals surface area contributed by atoms with E-state index in [0.29, 0.717) is 13.2 Å². The van der Waals surface area contributed by atoms with E-state index in [-0.39, 0.29) is 24.0 Å². The van der Waals surface area contributed by atoms with Crippen LogP contribution in [-0.2, 0) is 11.3 Å². The van der Waals surface area contributed by atoms with Crippen molar-refractivity contribution in [3.05, 3.63) is 42.5 Å². The molecule has 2 aromatic rings. The summed E-state index contributed by atoms with van der Waals surface area (Å²) in [6.07, 6.45) is 3.20. The molecule has 0 saturated heterocycles. The van der Waals surface area contributed by atoms with E-state index in [1.165, 1.54) is 6.33 Å². The van der Waals surface area contributed by atoms with Gasteiger partial charge in [0, 0.05) is 20.2 Å². The van der Waals surface area contributed by atoms with Crippen molar-refractivity contribution in [1.82, 2.24) is 25.4 Å². The summed E-state index contributed by atoms with van der Waals surface area (Å²) in [5.74, 6) is 0.792. The summed E-state index contributed by atoms with van der Waals surface area (Å²) in [5, 5.41) is 10.5. The standard InChI is InChI=1S/C15H22N6O.HI/c1-3-17-15(18-8-9-22-2)19-10-13-4-6-14(7-5-13)21-12-16-11-20-21;/h4-7,11-12H,3,8-10H2,1-2H3,(H2,17,18,19);1H. The molecular weight excluding hydrogens is 407 g/mol. The molecule has 1 aromatic heterocycles. The van der Waals surface area contributed by atoms with E-state index in [2.05, 4.69) is 25.7 Å². The molecule has 1 heterocycles. The van der Waals surface area contributed by atoms with Gasteiger partial charge in [0.2, 0.25) is 0 Å². The molecule has 2 N–H and O–H groups in total. The molecule has 0 unspecified atom stereocenters. The minimum Gasteiger partial charge on any atom is -0.383 e. The van der Waals surface area contributed by atoms with E-state index in [1.54, 1.807) is 18.1 Å². The fourth-order valence-corrected chi connectivity index (χ4v) is 1.88. The molecule has 0 aliphatic rings. The lowest BCUT2D eigenvalue weighted by molar-refractivity contribution is 0.203. The van der Waals surface area contributed by atoms with Crippen LogP contribution in [0.3, 0.4) is 0 Å². The molecule has 7 nitrogen and oxygen atoms in total. The van der Waals surface area contributed by atoms with Crippen LogP contribution in [0.2, 0.25) is 0 Å². The molecule has 23 heavy (non-hydrogen) atoms. The molecule has 0 fully saturated rings. The van der Waals surface area contributed by atoms with Gasteiger partial charge in [-0.15, -0.1) is 24.0 Å². The average molecular weight is 430 g/mol. The van der Waals surface area contributed by atoms with E-state index in [9.17, 15) is 0 Å². The summed E-state index contributed by atoms with van der Waals surface area (Å²) in [6, 6.07) is 8.09. The number of hydrogen-bond donors (Lipinski definition) is 2. The van der Waals surface area contributed by atoms with Gasteiger partial charge in [-0.1, -0.05) is 12.1 Å². The predicted octanol–water partition coefficient (Wildman–Crippen LogP) is 1.59. The molecule has 0 radical (unpaired) electrons. The van der Waals surface area contributed by atoms with Crippen molar-refractivity contribution in [3.63, 3.8) is 0 Å². The highest BCUT2D eigenvalue weighted by atomic mass is 127. The Labute approximate surface area is 153 Å². The number of nitrogens with zero attached hydrogens (tertiary/aromatic N) is 4. The number of guanidine groups is 1. The van der Waals surface area contributed by atoms with Crippen LogP contribution in [0.25, 0.3) is 5.69 Å². The lowest BCUT2D eigenvalue weighted by Gasteiger charge is -2.10. The Morgan fingerprint density at radius 2 is 2.04 bits per heavy atom. The fourth-order valence-electron chi connectivity index (χ4n) is 1.88. The van der Waals surface area contributed by atoms with Crippen LogP contribution in [0.1, 0.15) is 12.5 Å². The lowest BCUT2D eigenvalue weighted by Crippen LogP contribution is -2.38. The zero-order valence-corrected chi connectivity index (χ0v) is 15.7. The Morgan fingerprint density at radius 3 is 2.65 bits per heavy atom. The summed E-state index contributed by atoms with van der Waals surface area (Å²) >= 11 is 0. The second-order valence-corrected chi connectivity index (χ2v) is 4.62. The summed E-state index contributed by atoms with van der Waals surface area (Å²) in [6.45, 7) is 4.86. The monoisotopic (exact) mass is 430 g/mol. The second-order valence-electron chi connectivity index (χ2n) is 4.62. The molecular formula is C15H23IN6O. The van der Waals surface area contributed by atoms with Crippen LogP contribution < -0.4 is 10.6 Å². The third kappa shape index (κ3) is 6.53. The highest BCUT2D eigenvalue weighted by Gasteiger charge is 1.99. The van der Waals surface area contributed by atoms with Gasteiger partial charge in [0.05, 0.1) is 18.8 Å². The van der Waals surface area contributed by atoms with Gasteiger partial charge in [-0.05, 0) is 24.6 Å². The summed E-state index contributed by atoms with van der Waals surface area (Å²) in [5.41, 5.74) is 2.11. The Hall–Kier alpha value is -1.68. The zero-order valence-electron chi connectivity index (χ0n) is 13.4. The maximum atomic E-state index is 5.02. The van der Waals surface area contributed by atoms with Gasteiger partial charge in [-0.2, -0.15) is 5.10 Å². The molecule has 1 aromatic carbocycles. The molecule has 0 aliphatic carbocycles. The predicted molar refractivity (Wildman–Crippen MR) is 101 cm³/mol. The van der Waals surface area contributed by atoms with Crippen molar-refractivity contribution >= 4 is 29.9 Å². The summed E-state index contributed by atoms with van der Waals surface area (Å²) < 4.78 is 6.75. The maximum Gasteiger partial charge on any atom is 0.191 e. The van der Waals surface area contributed by atoms with Gasteiger partial charge in [0.25, 0.3) is 0 Å². The number of benzene rings is 1. The van der Waals surface area contributed by atoms with Crippen LogP contribution in [0.15, 0.2) is 41.9 Å². The first-order valence-corrected chi connectivity index (χ1v) is 7.28. The van der Waals surface area contributed by atoms with E-state index >= 15 is 0 Å². The number of methoxy groups -OCH3 is 1. The van der Waals surface area contributed by atoms with Crippen molar-refractivity contribution in [2.24, 2.45) is 4.99 Å². The maximum absolute atomic E-state index is 5.02. The van der Waals surface area contributed by atoms with E-state index in [0.717, 1.165) is 30.3 Å². The normalized spacial score (nSPS) is 11.0. The third-order valence-corrected chi connectivity index (χ3v) is 2.98. The zero-order chi connectivity index (χ0) is 15.6. The van der Waals surface area contributed by atoms with Crippen LogP contribution in [-0.4, -0.2) is 47.5 Å². The fraction of sp³-hybridized carbons (Fsp3) is 0.400. The first-order chi connectivity index (χ1) is 10.8. The Balaban J connectivity index is 0.00000264. The minimum atomic E-state index is 0. The number of hydrogen-bond acceptors (Lipinski definition) is 4. The van der Waals surface area contributed by atoms with Crippen molar-refractivity contribution in [2.75, 3.05) is 26.8 Å². The molecule has 0 bridgehead atoms. The molecule has 8 heteroatoms. The van der Waals surface area contributed by atoms with Gasteiger partial charge in [0.1, 0.15) is 12.7 Å². The van der Waals surface area contributed by atoms with Crippen molar-refractivity contribution in [3.8, 4) is 5.69 Å². The molecule has 0 atom stereocenters. The first-order valence-electron chi connectivity index (χ1n) is 7.28. The molecule has 0 aliphatic heterocycles. The highest BCUT2D eigenvalue weighted by Crippen LogP contribution is 2.08. The quantitative estimate of drug-likeness (QED) is 0.302. The van der Waals surface area contributed by atoms with Gasteiger partial charge in [-0.25, -0.2) is 14.7 Å². The lowest BCUT2D eigenvalue weighted by atomic mass is 10.2. The van der Waals surface area contributed by atoms with Gasteiger partial charge < -0.3 is 15.4 Å². The number of nitrogens with one attached hydrogen (secondary N) is 2. The van der Waals surface area contributed by atoms with Crippen molar-refractivity contribution in [2.45, 2.75) is 13.5 Å². The Morgan fingerprint density at radius 1 is 1.26 bits per heavy atom. The molecule has 0 spiro atoms. The first kappa shape index (κ1) is 19.4. The second kappa shape index (κ2) is 10.9. The van der Waals surface area contributed by atoms with E-state index in [4.69, 9.17) is 4.74 Å². The Kier molecular flexibility index (Phi) is 9.22. The minimum absolute atomic E-state index is 0. The van der Waals surface area contributed by atoms with Crippen molar-refractivity contribution < 1.29 is 4.74 Å². The molecule has 2 rings (SSSR count). The van der Waals surface area contributed by atoms with Crippen molar-refractivity contribution in [1.29, 1.82) is 0 Å². The number of aromatic nitrogens is 3. The number of rotatable bonds is 7. The summed E-state index contributed by atoms with van der Waals surface area (Å²) in [4.78, 5) is 8.49. The van der Waals surface area contributed by atoms with Gasteiger partial charge in [-0.3, -0.25) is 0 Å². The van der Waals surface area contributed by atoms with E-state index < -0.39 is 0 Å². The van der Waals surface area contributed by atoms with E-state index in [1.807, 2.05) is 31.2 Å². The number of halogens is 1. The van der Waals surface area contributed by atoms with Crippen LogP contribution in [0.5, 0.6) is 0 Å². The topological polar surface area (TPSA) is 76.4 Å². The summed E-state index contributed by atoms with van der Waals surface area (Å²) in [7, 11) is 1.68. The average Bonchev–Trinajstić information content (AvgIpc) is 3.08. The van der Waals surface area contributed by atoms with Gasteiger partial charge >= 0.3 is 0 Å². The van der Waals surface area contributed by atoms with Crippen LogP contribution >= 0.6 is 24.0 Å². The molecule has 0 amide bonds. The molecule has 126 valence electrons. The SMILES string of the molecule is CCNC(=NCc1ccc(-n2cncn2)cc1)NCCOC.I. The van der Waals surface area contributed by atoms with Crippen LogP contribution in [0, 0.1) is 0 Å². The largest absolute Gasteiger partial charge is 0.383 e. The highest BCUT2D eigenvalue weighted by molar-refractivity contribution is 14.0. The molecule has 0 saturated carbocycles.